The summed E-state index contributed by atoms with van der Waals surface area (Å²) >= 11 is 0. The number of nitrogens with zero attached hydrogens (tertiary/aromatic N) is 1. The summed E-state index contributed by atoms with van der Waals surface area (Å²) in [5.41, 5.74) is 1.76. The molecule has 0 fully saturated rings. The normalized spacial score (nSPS) is 12.3. The average molecular weight is 446 g/mol. The minimum Gasteiger partial charge on any atom is -0.357 e. The Balaban J connectivity index is 0.00000529. The van der Waals surface area contributed by atoms with E-state index in [0.29, 0.717) is 18.2 Å². The lowest BCUT2D eigenvalue weighted by Crippen LogP contribution is -2.41. The Bertz CT molecular complexity index is 514. The Morgan fingerprint density at radius 2 is 1.71 bits per heavy atom. The first kappa shape index (κ1) is 22.7. The Morgan fingerprint density at radius 3 is 2.21 bits per heavy atom. The van der Waals surface area contributed by atoms with Gasteiger partial charge in [-0.3, -0.25) is 4.79 Å². The standard InChI is InChI=1S/C18H30N4O.HI/c1-6-14(5)22-17(23)16-10-8-15(9-11-16)12-20-18(19-7-2)21-13(3)4;/h8-11,13-14H,6-7,12H2,1-5H3,(H,22,23)(H2,19,20,21);1H. The number of hydrogen-bond acceptors (Lipinski definition) is 2. The molecule has 0 saturated carbocycles. The highest BCUT2D eigenvalue weighted by Crippen LogP contribution is 2.06. The second-order valence-electron chi connectivity index (χ2n) is 5.97. The van der Waals surface area contributed by atoms with Gasteiger partial charge in [0.1, 0.15) is 0 Å². The van der Waals surface area contributed by atoms with Crippen molar-refractivity contribution in [3.8, 4) is 0 Å². The van der Waals surface area contributed by atoms with E-state index >= 15 is 0 Å². The number of carbonyl (C=O) groups excluding carboxylic acids is 1. The molecular weight excluding hydrogens is 415 g/mol. The average Bonchev–Trinajstić information content (AvgIpc) is 2.52. The molecule has 0 spiro atoms. The maximum absolute atomic E-state index is 12.0. The number of benzene rings is 1. The molecule has 1 rings (SSSR count). The van der Waals surface area contributed by atoms with Gasteiger partial charge in [-0.2, -0.15) is 0 Å². The van der Waals surface area contributed by atoms with E-state index in [9.17, 15) is 4.79 Å². The van der Waals surface area contributed by atoms with E-state index in [2.05, 4.69) is 41.7 Å². The Morgan fingerprint density at radius 1 is 1.08 bits per heavy atom. The van der Waals surface area contributed by atoms with Crippen LogP contribution in [0.1, 0.15) is 57.0 Å². The molecule has 24 heavy (non-hydrogen) atoms. The minimum absolute atomic E-state index is 0. The van der Waals surface area contributed by atoms with Gasteiger partial charge in [-0.05, 0) is 51.8 Å². The zero-order valence-corrected chi connectivity index (χ0v) is 17.7. The Labute approximate surface area is 163 Å². The molecule has 0 aliphatic carbocycles. The van der Waals surface area contributed by atoms with E-state index in [-0.39, 0.29) is 35.9 Å². The van der Waals surface area contributed by atoms with E-state index in [1.54, 1.807) is 0 Å². The van der Waals surface area contributed by atoms with Crippen LogP contribution in [0, 0.1) is 0 Å². The van der Waals surface area contributed by atoms with Crippen molar-refractivity contribution in [1.82, 2.24) is 16.0 Å². The molecule has 0 radical (unpaired) electrons. The predicted molar refractivity (Wildman–Crippen MR) is 112 cm³/mol. The van der Waals surface area contributed by atoms with Crippen molar-refractivity contribution < 1.29 is 4.79 Å². The number of nitrogens with one attached hydrogen (secondary N) is 3. The topological polar surface area (TPSA) is 65.5 Å². The SMILES string of the molecule is CCNC(=NCc1ccc(C(=O)NC(C)CC)cc1)NC(C)C.I. The molecule has 1 atom stereocenters. The van der Waals surface area contributed by atoms with Crippen LogP contribution < -0.4 is 16.0 Å². The summed E-state index contributed by atoms with van der Waals surface area (Å²) in [4.78, 5) is 16.6. The van der Waals surface area contributed by atoms with Gasteiger partial charge in [-0.1, -0.05) is 19.1 Å². The molecule has 0 saturated heterocycles. The van der Waals surface area contributed by atoms with E-state index in [0.717, 1.165) is 24.5 Å². The molecule has 0 aliphatic heterocycles. The maximum Gasteiger partial charge on any atom is 0.251 e. The van der Waals surface area contributed by atoms with Gasteiger partial charge in [-0.25, -0.2) is 4.99 Å². The van der Waals surface area contributed by atoms with Crippen LogP contribution in [0.15, 0.2) is 29.3 Å². The van der Waals surface area contributed by atoms with E-state index in [1.165, 1.54) is 0 Å². The minimum atomic E-state index is -0.0239. The van der Waals surface area contributed by atoms with E-state index in [1.807, 2.05) is 38.1 Å². The zero-order chi connectivity index (χ0) is 17.2. The van der Waals surface area contributed by atoms with Crippen molar-refractivity contribution in [2.24, 2.45) is 4.99 Å². The largest absolute Gasteiger partial charge is 0.357 e. The van der Waals surface area contributed by atoms with Crippen molar-refractivity contribution in [3.05, 3.63) is 35.4 Å². The third-order valence-electron chi connectivity index (χ3n) is 3.40. The van der Waals surface area contributed by atoms with Gasteiger partial charge in [-0.15, -0.1) is 24.0 Å². The van der Waals surface area contributed by atoms with Gasteiger partial charge in [0.05, 0.1) is 6.54 Å². The molecule has 0 heterocycles. The molecule has 6 heteroatoms. The third-order valence-corrected chi connectivity index (χ3v) is 3.40. The lowest BCUT2D eigenvalue weighted by molar-refractivity contribution is 0.0939. The van der Waals surface area contributed by atoms with Crippen molar-refractivity contribution in [2.75, 3.05) is 6.54 Å². The molecule has 0 aromatic heterocycles. The number of hydrogen-bond donors (Lipinski definition) is 3. The first-order chi connectivity index (χ1) is 11.0. The van der Waals surface area contributed by atoms with E-state index < -0.39 is 0 Å². The van der Waals surface area contributed by atoms with Crippen LogP contribution in [-0.2, 0) is 6.54 Å². The quantitative estimate of drug-likeness (QED) is 0.342. The zero-order valence-electron chi connectivity index (χ0n) is 15.3. The van der Waals surface area contributed by atoms with Gasteiger partial charge in [0.25, 0.3) is 5.91 Å². The summed E-state index contributed by atoms with van der Waals surface area (Å²) in [6.45, 7) is 11.7. The molecule has 0 aliphatic rings. The molecule has 1 amide bonds. The Hall–Kier alpha value is -1.31. The monoisotopic (exact) mass is 446 g/mol. The van der Waals surface area contributed by atoms with Crippen LogP contribution >= 0.6 is 24.0 Å². The van der Waals surface area contributed by atoms with Crippen LogP contribution in [0.3, 0.4) is 0 Å². The molecule has 136 valence electrons. The van der Waals surface area contributed by atoms with Gasteiger partial charge in [0, 0.05) is 24.2 Å². The smallest absolute Gasteiger partial charge is 0.251 e. The number of aliphatic imine (C=N–C) groups is 1. The van der Waals surface area contributed by atoms with Crippen molar-refractivity contribution in [2.45, 2.75) is 59.7 Å². The summed E-state index contributed by atoms with van der Waals surface area (Å²) in [6, 6.07) is 8.13. The fourth-order valence-electron chi connectivity index (χ4n) is 1.93. The summed E-state index contributed by atoms with van der Waals surface area (Å²) < 4.78 is 0. The van der Waals surface area contributed by atoms with E-state index in [4.69, 9.17) is 0 Å². The molecule has 5 nitrogen and oxygen atoms in total. The maximum atomic E-state index is 12.0. The van der Waals surface area contributed by atoms with Crippen LogP contribution in [-0.4, -0.2) is 30.5 Å². The summed E-state index contributed by atoms with van der Waals surface area (Å²) in [7, 11) is 0. The molecule has 1 aromatic rings. The van der Waals surface area contributed by atoms with Gasteiger partial charge in [0.15, 0.2) is 5.96 Å². The highest BCUT2D eigenvalue weighted by molar-refractivity contribution is 14.0. The van der Waals surface area contributed by atoms with Crippen molar-refractivity contribution >= 4 is 35.8 Å². The van der Waals surface area contributed by atoms with Crippen LogP contribution in [0.4, 0.5) is 0 Å². The predicted octanol–water partition coefficient (Wildman–Crippen LogP) is 3.30. The highest BCUT2D eigenvalue weighted by Gasteiger charge is 2.08. The fourth-order valence-corrected chi connectivity index (χ4v) is 1.93. The summed E-state index contributed by atoms with van der Waals surface area (Å²) in [6.07, 6.45) is 0.925. The summed E-state index contributed by atoms with van der Waals surface area (Å²) in [5, 5.41) is 9.47. The highest BCUT2D eigenvalue weighted by atomic mass is 127. The summed E-state index contributed by atoms with van der Waals surface area (Å²) in [5.74, 6) is 0.783. The molecule has 1 unspecified atom stereocenters. The second kappa shape index (κ2) is 12.1. The Kier molecular flexibility index (Phi) is 11.4. The number of halogens is 1. The first-order valence-electron chi connectivity index (χ1n) is 8.40. The number of amides is 1. The van der Waals surface area contributed by atoms with Gasteiger partial charge in [0.2, 0.25) is 0 Å². The lowest BCUT2D eigenvalue weighted by atomic mass is 10.1. The number of rotatable bonds is 7. The fraction of sp³-hybridized carbons (Fsp3) is 0.556. The van der Waals surface area contributed by atoms with Gasteiger partial charge < -0.3 is 16.0 Å². The van der Waals surface area contributed by atoms with Gasteiger partial charge >= 0.3 is 0 Å². The first-order valence-corrected chi connectivity index (χ1v) is 8.40. The van der Waals surface area contributed by atoms with Crippen molar-refractivity contribution in [3.63, 3.8) is 0 Å². The molecule has 0 bridgehead atoms. The number of guanidine groups is 1. The van der Waals surface area contributed by atoms with Crippen LogP contribution in [0.5, 0.6) is 0 Å². The lowest BCUT2D eigenvalue weighted by Gasteiger charge is -2.14. The second-order valence-corrected chi connectivity index (χ2v) is 5.97. The molecule has 1 aromatic carbocycles. The molecular formula is C18H31IN4O. The molecule has 3 N–H and O–H groups in total. The third kappa shape index (κ3) is 8.52. The van der Waals surface area contributed by atoms with Crippen LogP contribution in [0.2, 0.25) is 0 Å². The van der Waals surface area contributed by atoms with Crippen LogP contribution in [0.25, 0.3) is 0 Å². The number of carbonyl (C=O) groups is 1. The van der Waals surface area contributed by atoms with Crippen molar-refractivity contribution in [1.29, 1.82) is 0 Å².